The fraction of sp³-hybridized carbons (Fsp3) is 0.778. The van der Waals surface area contributed by atoms with E-state index >= 15 is 0 Å². The third-order valence-corrected chi connectivity index (χ3v) is 7.79. The first-order chi connectivity index (χ1) is 22.3. The van der Waals surface area contributed by atoms with Crippen LogP contribution in [0.5, 0.6) is 0 Å². The van der Waals surface area contributed by atoms with E-state index in [0.717, 1.165) is 64.2 Å². The summed E-state index contributed by atoms with van der Waals surface area (Å²) in [6, 6.07) is 0. The van der Waals surface area contributed by atoms with Gasteiger partial charge in [0.1, 0.15) is 31.0 Å². The third kappa shape index (κ3) is 20.2. The van der Waals surface area contributed by atoms with Crippen LogP contribution in [0.4, 0.5) is 0 Å². The molecule has 0 bridgehead atoms. The fourth-order valence-corrected chi connectivity index (χ4v) is 4.96. The number of carbonyl (C=O) groups excluding carboxylic acids is 2. The Labute approximate surface area is 276 Å². The quantitative estimate of drug-likeness (QED) is 0.0501. The summed E-state index contributed by atoms with van der Waals surface area (Å²) < 4.78 is 21.8. The fourth-order valence-electron chi connectivity index (χ4n) is 4.96. The van der Waals surface area contributed by atoms with Crippen molar-refractivity contribution in [3.05, 3.63) is 36.5 Å². The van der Waals surface area contributed by atoms with Crippen LogP contribution in [0.15, 0.2) is 36.5 Å². The summed E-state index contributed by atoms with van der Waals surface area (Å²) in [5, 5.41) is 39.7. The Hall–Kier alpha value is -2.08. The van der Waals surface area contributed by atoms with Gasteiger partial charge in [-0.15, -0.1) is 0 Å². The van der Waals surface area contributed by atoms with Gasteiger partial charge in [0.2, 0.25) is 0 Å². The van der Waals surface area contributed by atoms with Crippen LogP contribution >= 0.6 is 0 Å². The number of unbranched alkanes of at least 4 members (excludes halogenated alkanes) is 10. The van der Waals surface area contributed by atoms with Crippen molar-refractivity contribution >= 4 is 11.9 Å². The SMILES string of the molecule is CC/C=C\C/C=C\C/C=C\CCCCCCCCCC(=O)OC(COC(=O)CCCCCC)COC1OC(CO)C(O)C(O)C1O. The van der Waals surface area contributed by atoms with Crippen molar-refractivity contribution in [2.24, 2.45) is 0 Å². The average molecular weight is 655 g/mol. The molecule has 6 atom stereocenters. The van der Waals surface area contributed by atoms with Crippen LogP contribution in [0.1, 0.15) is 123 Å². The summed E-state index contributed by atoms with van der Waals surface area (Å²) in [5.41, 5.74) is 0. The van der Waals surface area contributed by atoms with Crippen LogP contribution in [0, 0.1) is 0 Å². The van der Waals surface area contributed by atoms with Gasteiger partial charge in [0.05, 0.1) is 13.2 Å². The molecule has 6 unspecified atom stereocenters. The molecule has 0 aromatic heterocycles. The second-order valence-corrected chi connectivity index (χ2v) is 11.9. The highest BCUT2D eigenvalue weighted by molar-refractivity contribution is 5.70. The van der Waals surface area contributed by atoms with Gasteiger partial charge in [-0.2, -0.15) is 0 Å². The molecule has 1 heterocycles. The number of hydrogen-bond donors (Lipinski definition) is 4. The summed E-state index contributed by atoms with van der Waals surface area (Å²) in [4.78, 5) is 24.8. The molecule has 4 N–H and O–H groups in total. The molecule has 1 aliphatic rings. The number of hydrogen-bond acceptors (Lipinski definition) is 10. The molecule has 0 saturated carbocycles. The van der Waals surface area contributed by atoms with Crippen molar-refractivity contribution in [2.75, 3.05) is 19.8 Å². The zero-order valence-corrected chi connectivity index (χ0v) is 28.3. The Balaban J connectivity index is 2.34. The monoisotopic (exact) mass is 654 g/mol. The maximum Gasteiger partial charge on any atom is 0.306 e. The van der Waals surface area contributed by atoms with Gasteiger partial charge in [-0.25, -0.2) is 0 Å². The molecule has 0 radical (unpaired) electrons. The molecule has 0 spiro atoms. The van der Waals surface area contributed by atoms with Crippen LogP contribution in [0.25, 0.3) is 0 Å². The molecule has 0 aromatic rings. The number of ether oxygens (including phenoxy) is 4. The number of aliphatic hydroxyl groups is 4. The Kier molecular flexibility index (Phi) is 25.5. The van der Waals surface area contributed by atoms with Crippen molar-refractivity contribution in [3.63, 3.8) is 0 Å². The molecule has 1 aliphatic heterocycles. The van der Waals surface area contributed by atoms with E-state index in [-0.39, 0.29) is 26.1 Å². The standard InChI is InChI=1S/C36H62O10/c1-3-5-7-9-10-11-12-13-14-15-16-17-18-19-20-21-23-25-32(39)45-29(27-43-31(38)24-22-8-6-4-2)28-44-36-35(42)34(41)33(40)30(26-37)46-36/h5,7,10-11,13-14,29-30,33-37,40-42H,3-4,6,8-9,12,15-28H2,1-2H3/b7-5-,11-10-,14-13-. The number of aliphatic hydroxyl groups excluding tert-OH is 4. The first-order valence-electron chi connectivity index (χ1n) is 17.6. The lowest BCUT2D eigenvalue weighted by atomic mass is 9.99. The predicted octanol–water partition coefficient (Wildman–Crippen LogP) is 5.60. The minimum atomic E-state index is -1.59. The maximum atomic E-state index is 12.6. The van der Waals surface area contributed by atoms with Gasteiger partial charge in [-0.3, -0.25) is 9.59 Å². The van der Waals surface area contributed by atoms with Crippen molar-refractivity contribution in [1.29, 1.82) is 0 Å². The van der Waals surface area contributed by atoms with Gasteiger partial charge in [-0.05, 0) is 44.9 Å². The van der Waals surface area contributed by atoms with Crippen LogP contribution in [-0.2, 0) is 28.5 Å². The minimum absolute atomic E-state index is 0.218. The topological polar surface area (TPSA) is 152 Å². The Bertz CT molecular complexity index is 856. The Morgan fingerprint density at radius 1 is 0.696 bits per heavy atom. The molecule has 0 amide bonds. The second-order valence-electron chi connectivity index (χ2n) is 11.9. The summed E-state index contributed by atoms with van der Waals surface area (Å²) in [5.74, 6) is -0.843. The number of carbonyl (C=O) groups is 2. The summed E-state index contributed by atoms with van der Waals surface area (Å²) >= 11 is 0. The molecule has 10 nitrogen and oxygen atoms in total. The van der Waals surface area contributed by atoms with Crippen LogP contribution in [0.3, 0.4) is 0 Å². The van der Waals surface area contributed by atoms with Gasteiger partial charge in [0, 0.05) is 12.8 Å². The van der Waals surface area contributed by atoms with Crippen LogP contribution in [-0.4, -0.2) is 89.0 Å². The first-order valence-corrected chi connectivity index (χ1v) is 17.6. The minimum Gasteiger partial charge on any atom is -0.462 e. The lowest BCUT2D eigenvalue weighted by molar-refractivity contribution is -0.305. The van der Waals surface area contributed by atoms with E-state index in [0.29, 0.717) is 12.8 Å². The van der Waals surface area contributed by atoms with Gasteiger partial charge in [-0.1, -0.05) is 102 Å². The molecule has 0 aromatic carbocycles. The van der Waals surface area contributed by atoms with Crippen molar-refractivity contribution in [3.8, 4) is 0 Å². The van der Waals surface area contributed by atoms with Crippen LogP contribution in [0.2, 0.25) is 0 Å². The smallest absolute Gasteiger partial charge is 0.306 e. The molecule has 1 fully saturated rings. The summed E-state index contributed by atoms with van der Waals surface area (Å²) in [6.07, 6.45) is 20.8. The van der Waals surface area contributed by atoms with E-state index in [1.807, 2.05) is 0 Å². The second kappa shape index (κ2) is 28.0. The van der Waals surface area contributed by atoms with Crippen molar-refractivity contribution in [2.45, 2.75) is 160 Å². The van der Waals surface area contributed by atoms with E-state index in [2.05, 4.69) is 50.3 Å². The van der Waals surface area contributed by atoms with Gasteiger partial charge in [0.25, 0.3) is 0 Å². The number of esters is 2. The van der Waals surface area contributed by atoms with E-state index in [9.17, 15) is 30.0 Å². The van der Waals surface area contributed by atoms with Gasteiger partial charge in [0.15, 0.2) is 12.4 Å². The van der Waals surface area contributed by atoms with Gasteiger partial charge < -0.3 is 39.4 Å². The van der Waals surface area contributed by atoms with Crippen molar-refractivity contribution in [1.82, 2.24) is 0 Å². The van der Waals surface area contributed by atoms with E-state index < -0.39 is 55.4 Å². The zero-order valence-electron chi connectivity index (χ0n) is 28.3. The molecular formula is C36H62O10. The van der Waals surface area contributed by atoms with E-state index in [4.69, 9.17) is 18.9 Å². The normalized spacial score (nSPS) is 22.6. The lowest BCUT2D eigenvalue weighted by Gasteiger charge is -2.39. The highest BCUT2D eigenvalue weighted by Crippen LogP contribution is 2.22. The number of rotatable bonds is 27. The van der Waals surface area contributed by atoms with E-state index in [1.165, 1.54) is 19.3 Å². The van der Waals surface area contributed by atoms with E-state index in [1.54, 1.807) is 0 Å². The largest absolute Gasteiger partial charge is 0.462 e. The molecule has 10 heteroatoms. The average Bonchev–Trinajstić information content (AvgIpc) is 3.05. The first kappa shape index (κ1) is 41.9. The highest BCUT2D eigenvalue weighted by Gasteiger charge is 2.44. The number of allylic oxidation sites excluding steroid dienone is 6. The molecule has 0 aliphatic carbocycles. The molecule has 46 heavy (non-hydrogen) atoms. The predicted molar refractivity (Wildman–Crippen MR) is 178 cm³/mol. The lowest BCUT2D eigenvalue weighted by Crippen LogP contribution is -2.59. The Morgan fingerprint density at radius 3 is 1.93 bits per heavy atom. The van der Waals surface area contributed by atoms with Crippen molar-refractivity contribution < 1.29 is 49.0 Å². The maximum absolute atomic E-state index is 12.6. The molecule has 266 valence electrons. The highest BCUT2D eigenvalue weighted by atomic mass is 16.7. The third-order valence-electron chi connectivity index (χ3n) is 7.79. The summed E-state index contributed by atoms with van der Waals surface area (Å²) in [6.45, 7) is 3.13. The van der Waals surface area contributed by atoms with Gasteiger partial charge >= 0.3 is 11.9 Å². The molecule has 1 rings (SSSR count). The molecule has 1 saturated heterocycles. The summed E-state index contributed by atoms with van der Waals surface area (Å²) in [7, 11) is 0. The zero-order chi connectivity index (χ0) is 33.8. The Morgan fingerprint density at radius 2 is 1.28 bits per heavy atom. The van der Waals surface area contributed by atoms with Crippen LogP contribution < -0.4 is 0 Å². The molecular weight excluding hydrogens is 592 g/mol.